The second kappa shape index (κ2) is 5.78. The van der Waals surface area contributed by atoms with Crippen LogP contribution in [0.4, 0.5) is 10.1 Å². The fraction of sp³-hybridized carbons (Fsp3) is 0.143. The maximum atomic E-state index is 13.4. The van der Waals surface area contributed by atoms with E-state index in [9.17, 15) is 4.39 Å². The number of pyridine rings is 1. The molecule has 0 fully saturated rings. The van der Waals surface area contributed by atoms with Crippen molar-refractivity contribution < 1.29 is 4.39 Å². The molecular formula is C14H12FN3. The van der Waals surface area contributed by atoms with Crippen molar-refractivity contribution in [3.05, 3.63) is 59.7 Å². The fourth-order valence-corrected chi connectivity index (χ4v) is 1.67. The minimum atomic E-state index is -0.203. The Morgan fingerprint density at radius 3 is 2.83 bits per heavy atom. The van der Waals surface area contributed by atoms with Crippen LogP contribution in [0.1, 0.15) is 11.3 Å². The van der Waals surface area contributed by atoms with E-state index in [4.69, 9.17) is 5.26 Å². The van der Waals surface area contributed by atoms with E-state index in [2.05, 4.69) is 10.3 Å². The Labute approximate surface area is 105 Å². The summed E-state index contributed by atoms with van der Waals surface area (Å²) in [6.45, 7) is 0.557. The summed E-state index contributed by atoms with van der Waals surface area (Å²) in [7, 11) is 0. The highest BCUT2D eigenvalue weighted by atomic mass is 19.1. The molecule has 0 saturated carbocycles. The second-order valence-electron chi connectivity index (χ2n) is 3.78. The van der Waals surface area contributed by atoms with Gasteiger partial charge in [0.15, 0.2) is 5.69 Å². The first-order chi connectivity index (χ1) is 8.81. The third kappa shape index (κ3) is 2.83. The molecule has 1 aromatic carbocycles. The van der Waals surface area contributed by atoms with E-state index in [1.54, 1.807) is 30.5 Å². The number of nitriles is 1. The van der Waals surface area contributed by atoms with E-state index < -0.39 is 0 Å². The van der Waals surface area contributed by atoms with Gasteiger partial charge in [0.2, 0.25) is 0 Å². The molecule has 0 aliphatic heterocycles. The molecule has 0 aliphatic carbocycles. The molecule has 0 amide bonds. The third-order valence-electron chi connectivity index (χ3n) is 2.58. The van der Waals surface area contributed by atoms with Crippen LogP contribution < -0.4 is 5.32 Å². The van der Waals surface area contributed by atoms with Gasteiger partial charge in [0.25, 0.3) is 0 Å². The second-order valence-corrected chi connectivity index (χ2v) is 3.78. The first-order valence-corrected chi connectivity index (χ1v) is 5.63. The molecule has 2 rings (SSSR count). The lowest BCUT2D eigenvalue weighted by molar-refractivity contribution is 0.610. The van der Waals surface area contributed by atoms with Crippen LogP contribution >= 0.6 is 0 Å². The highest BCUT2D eigenvalue weighted by molar-refractivity contribution is 5.53. The van der Waals surface area contributed by atoms with Gasteiger partial charge in [-0.25, -0.2) is 9.37 Å². The summed E-state index contributed by atoms with van der Waals surface area (Å²) in [6.07, 6.45) is 2.13. The standard InChI is InChI=1S/C14H12FN3/c15-12-5-2-1-4-11(12)7-9-18-13-6-3-8-17-14(13)10-16/h1-6,8,18H,7,9H2. The SMILES string of the molecule is N#Cc1ncccc1NCCc1ccccc1F. The van der Waals surface area contributed by atoms with Crippen molar-refractivity contribution in [3.8, 4) is 6.07 Å². The van der Waals surface area contributed by atoms with Gasteiger partial charge < -0.3 is 5.32 Å². The molecule has 2 aromatic rings. The van der Waals surface area contributed by atoms with Crippen molar-refractivity contribution >= 4 is 5.69 Å². The molecule has 18 heavy (non-hydrogen) atoms. The smallest absolute Gasteiger partial charge is 0.163 e. The van der Waals surface area contributed by atoms with Crippen LogP contribution in [0.5, 0.6) is 0 Å². The number of hydrogen-bond acceptors (Lipinski definition) is 3. The van der Waals surface area contributed by atoms with Gasteiger partial charge in [-0.05, 0) is 30.2 Å². The predicted octanol–water partition coefficient (Wildman–Crippen LogP) is 2.75. The molecule has 0 radical (unpaired) electrons. The van der Waals surface area contributed by atoms with Crippen LogP contribution in [0.15, 0.2) is 42.6 Å². The number of halogens is 1. The van der Waals surface area contributed by atoms with Crippen molar-refractivity contribution in [2.75, 3.05) is 11.9 Å². The van der Waals surface area contributed by atoms with E-state index in [-0.39, 0.29) is 5.82 Å². The minimum absolute atomic E-state index is 0.203. The van der Waals surface area contributed by atoms with E-state index >= 15 is 0 Å². The number of anilines is 1. The summed E-state index contributed by atoms with van der Waals surface area (Å²) < 4.78 is 13.4. The molecule has 0 saturated heterocycles. The topological polar surface area (TPSA) is 48.7 Å². The zero-order valence-corrected chi connectivity index (χ0v) is 9.73. The summed E-state index contributed by atoms with van der Waals surface area (Å²) in [5.41, 5.74) is 1.69. The largest absolute Gasteiger partial charge is 0.382 e. The Morgan fingerprint density at radius 1 is 1.22 bits per heavy atom. The third-order valence-corrected chi connectivity index (χ3v) is 2.58. The van der Waals surface area contributed by atoms with Crippen molar-refractivity contribution in [2.45, 2.75) is 6.42 Å². The van der Waals surface area contributed by atoms with E-state index in [0.29, 0.717) is 29.9 Å². The maximum Gasteiger partial charge on any atom is 0.163 e. The molecule has 4 heteroatoms. The highest BCUT2D eigenvalue weighted by Crippen LogP contribution is 2.12. The average Bonchev–Trinajstić information content (AvgIpc) is 2.41. The Bertz CT molecular complexity index is 575. The Balaban J connectivity index is 1.97. The summed E-state index contributed by atoms with van der Waals surface area (Å²) in [5.74, 6) is -0.203. The highest BCUT2D eigenvalue weighted by Gasteiger charge is 2.03. The molecule has 1 heterocycles. The molecule has 1 aromatic heterocycles. The summed E-state index contributed by atoms with van der Waals surface area (Å²) in [6, 6.07) is 12.2. The van der Waals surface area contributed by atoms with Gasteiger partial charge in [0.1, 0.15) is 11.9 Å². The quantitative estimate of drug-likeness (QED) is 0.895. The van der Waals surface area contributed by atoms with Crippen LogP contribution in [0.3, 0.4) is 0 Å². The number of nitrogens with one attached hydrogen (secondary N) is 1. The zero-order chi connectivity index (χ0) is 12.8. The van der Waals surface area contributed by atoms with Crippen molar-refractivity contribution in [1.82, 2.24) is 4.98 Å². The van der Waals surface area contributed by atoms with Gasteiger partial charge in [0, 0.05) is 12.7 Å². The Morgan fingerprint density at radius 2 is 2.06 bits per heavy atom. The van der Waals surface area contributed by atoms with Gasteiger partial charge in [0.05, 0.1) is 5.69 Å². The van der Waals surface area contributed by atoms with E-state index in [1.807, 2.05) is 12.1 Å². The predicted molar refractivity (Wildman–Crippen MR) is 67.5 cm³/mol. The summed E-state index contributed by atoms with van der Waals surface area (Å²) >= 11 is 0. The molecule has 0 unspecified atom stereocenters. The van der Waals surface area contributed by atoms with Gasteiger partial charge >= 0.3 is 0 Å². The van der Waals surface area contributed by atoms with Crippen LogP contribution in [0.2, 0.25) is 0 Å². The van der Waals surface area contributed by atoms with Crippen LogP contribution in [-0.4, -0.2) is 11.5 Å². The zero-order valence-electron chi connectivity index (χ0n) is 9.73. The number of nitrogens with zero attached hydrogens (tertiary/aromatic N) is 2. The van der Waals surface area contributed by atoms with Crippen LogP contribution in [0, 0.1) is 17.1 Å². The van der Waals surface area contributed by atoms with Crippen molar-refractivity contribution in [1.29, 1.82) is 5.26 Å². The molecule has 90 valence electrons. The molecular weight excluding hydrogens is 229 g/mol. The Hall–Kier alpha value is -2.41. The number of hydrogen-bond donors (Lipinski definition) is 1. The normalized spacial score (nSPS) is 9.78. The van der Waals surface area contributed by atoms with E-state index in [0.717, 1.165) is 0 Å². The van der Waals surface area contributed by atoms with Gasteiger partial charge in [-0.1, -0.05) is 18.2 Å². The van der Waals surface area contributed by atoms with Crippen molar-refractivity contribution in [2.24, 2.45) is 0 Å². The number of rotatable bonds is 4. The molecule has 0 spiro atoms. The Kier molecular flexibility index (Phi) is 3.87. The maximum absolute atomic E-state index is 13.4. The van der Waals surface area contributed by atoms with Crippen LogP contribution in [-0.2, 0) is 6.42 Å². The van der Waals surface area contributed by atoms with Crippen LogP contribution in [0.25, 0.3) is 0 Å². The van der Waals surface area contributed by atoms with Gasteiger partial charge in [-0.15, -0.1) is 0 Å². The van der Waals surface area contributed by atoms with Gasteiger partial charge in [-0.3, -0.25) is 0 Å². The molecule has 0 bridgehead atoms. The van der Waals surface area contributed by atoms with Gasteiger partial charge in [-0.2, -0.15) is 5.26 Å². The molecule has 0 aliphatic rings. The lowest BCUT2D eigenvalue weighted by Crippen LogP contribution is -2.07. The molecule has 0 atom stereocenters. The monoisotopic (exact) mass is 241 g/mol. The first kappa shape index (κ1) is 12.1. The number of aromatic nitrogens is 1. The summed E-state index contributed by atoms with van der Waals surface area (Å²) in [5, 5.41) is 12.0. The lowest BCUT2D eigenvalue weighted by Gasteiger charge is -2.07. The molecule has 3 nitrogen and oxygen atoms in total. The van der Waals surface area contributed by atoms with Crippen molar-refractivity contribution in [3.63, 3.8) is 0 Å². The summed E-state index contributed by atoms with van der Waals surface area (Å²) in [4.78, 5) is 3.94. The number of benzene rings is 1. The minimum Gasteiger partial charge on any atom is -0.382 e. The van der Waals surface area contributed by atoms with E-state index in [1.165, 1.54) is 6.07 Å². The lowest BCUT2D eigenvalue weighted by atomic mass is 10.1. The average molecular weight is 241 g/mol. The molecule has 1 N–H and O–H groups in total. The fourth-order valence-electron chi connectivity index (χ4n) is 1.67. The first-order valence-electron chi connectivity index (χ1n) is 5.63.